The van der Waals surface area contributed by atoms with Gasteiger partial charge in [-0.05, 0) is 49.4 Å². The molecular formula is C17H14BrCl2N3O2. The van der Waals surface area contributed by atoms with Crippen LogP contribution in [0.5, 0.6) is 0 Å². The molecule has 0 aromatic heterocycles. The molecule has 2 N–H and O–H groups in total. The van der Waals surface area contributed by atoms with Gasteiger partial charge in [0.1, 0.15) is 0 Å². The van der Waals surface area contributed by atoms with Gasteiger partial charge >= 0.3 is 0 Å². The minimum absolute atomic E-state index is 0.0463. The van der Waals surface area contributed by atoms with E-state index < -0.39 is 5.91 Å². The first-order valence-corrected chi connectivity index (χ1v) is 8.74. The SMILES string of the molecule is C/C(CC(=O)Nc1ccc(Br)cc1)=N/NC(=O)c1ccc(Cl)cc1Cl. The fourth-order valence-electron chi connectivity index (χ4n) is 1.89. The second-order valence-electron chi connectivity index (χ2n) is 5.14. The summed E-state index contributed by atoms with van der Waals surface area (Å²) in [7, 11) is 0. The highest BCUT2D eigenvalue weighted by atomic mass is 79.9. The molecule has 0 heterocycles. The Bertz CT molecular complexity index is 823. The zero-order valence-corrected chi connectivity index (χ0v) is 16.2. The predicted molar refractivity (Wildman–Crippen MR) is 104 cm³/mol. The number of nitrogens with zero attached hydrogens (tertiary/aromatic N) is 1. The Hall–Kier alpha value is -1.89. The lowest BCUT2D eigenvalue weighted by Gasteiger charge is -2.06. The molecule has 2 aromatic rings. The first-order valence-electron chi connectivity index (χ1n) is 7.19. The Morgan fingerprint density at radius 3 is 2.44 bits per heavy atom. The summed E-state index contributed by atoms with van der Waals surface area (Å²) in [5.41, 5.74) is 3.75. The van der Waals surface area contributed by atoms with Crippen molar-refractivity contribution < 1.29 is 9.59 Å². The number of rotatable bonds is 5. The molecule has 0 aliphatic heterocycles. The molecular weight excluding hydrogens is 429 g/mol. The molecule has 25 heavy (non-hydrogen) atoms. The Morgan fingerprint density at radius 2 is 1.80 bits per heavy atom. The smallest absolute Gasteiger partial charge is 0.272 e. The van der Waals surface area contributed by atoms with E-state index in [-0.39, 0.29) is 22.9 Å². The molecule has 0 radical (unpaired) electrons. The standard InChI is InChI=1S/C17H14BrCl2N3O2/c1-10(8-16(24)21-13-5-2-11(18)3-6-13)22-23-17(25)14-7-4-12(19)9-15(14)20/h2-7,9H,8H2,1H3,(H,21,24)(H,23,25)/b22-10-. The summed E-state index contributed by atoms with van der Waals surface area (Å²) in [6, 6.07) is 11.7. The third-order valence-corrected chi connectivity index (χ3v) is 4.14. The maximum Gasteiger partial charge on any atom is 0.272 e. The molecule has 2 amide bonds. The largest absolute Gasteiger partial charge is 0.326 e. The van der Waals surface area contributed by atoms with Crippen LogP contribution in [0, 0.1) is 0 Å². The van der Waals surface area contributed by atoms with Crippen molar-refractivity contribution in [2.75, 3.05) is 5.32 Å². The minimum atomic E-state index is -0.477. The van der Waals surface area contributed by atoms with Crippen molar-refractivity contribution in [1.29, 1.82) is 0 Å². The summed E-state index contributed by atoms with van der Waals surface area (Å²) in [6.07, 6.45) is 0.0463. The molecule has 0 aliphatic carbocycles. The van der Waals surface area contributed by atoms with Gasteiger partial charge in [-0.25, -0.2) is 5.43 Å². The van der Waals surface area contributed by atoms with E-state index >= 15 is 0 Å². The Kier molecular flexibility index (Phi) is 6.99. The van der Waals surface area contributed by atoms with Crippen LogP contribution in [0.3, 0.4) is 0 Å². The lowest BCUT2D eigenvalue weighted by atomic mass is 10.2. The van der Waals surface area contributed by atoms with E-state index in [2.05, 4.69) is 31.8 Å². The van der Waals surface area contributed by atoms with Crippen molar-refractivity contribution in [3.8, 4) is 0 Å². The molecule has 0 spiro atoms. The predicted octanol–water partition coefficient (Wildman–Crippen LogP) is 4.89. The fourth-order valence-corrected chi connectivity index (χ4v) is 2.65. The monoisotopic (exact) mass is 441 g/mol. The highest BCUT2D eigenvalue weighted by Crippen LogP contribution is 2.20. The average Bonchev–Trinajstić information content (AvgIpc) is 2.54. The number of hydrazone groups is 1. The van der Waals surface area contributed by atoms with Crippen LogP contribution in [0.4, 0.5) is 5.69 Å². The molecule has 0 unspecified atom stereocenters. The van der Waals surface area contributed by atoms with Crippen LogP contribution in [0.25, 0.3) is 0 Å². The highest BCUT2D eigenvalue weighted by Gasteiger charge is 2.11. The maximum atomic E-state index is 12.0. The van der Waals surface area contributed by atoms with Crippen molar-refractivity contribution in [3.63, 3.8) is 0 Å². The molecule has 5 nitrogen and oxygen atoms in total. The quantitative estimate of drug-likeness (QED) is 0.511. The number of carbonyl (C=O) groups is 2. The van der Waals surface area contributed by atoms with Crippen LogP contribution in [0.15, 0.2) is 52.0 Å². The number of hydrogen-bond acceptors (Lipinski definition) is 3. The second-order valence-corrected chi connectivity index (χ2v) is 6.90. The summed E-state index contributed by atoms with van der Waals surface area (Å²) in [5, 5.41) is 7.33. The van der Waals surface area contributed by atoms with Crippen molar-refractivity contribution in [1.82, 2.24) is 5.43 Å². The normalized spacial score (nSPS) is 11.1. The number of nitrogens with one attached hydrogen (secondary N) is 2. The summed E-state index contributed by atoms with van der Waals surface area (Å²) in [6.45, 7) is 1.64. The topological polar surface area (TPSA) is 70.6 Å². The Labute approximate surface area is 163 Å². The van der Waals surface area contributed by atoms with Crippen molar-refractivity contribution >= 4 is 62.3 Å². The molecule has 2 rings (SSSR count). The molecule has 0 fully saturated rings. The average molecular weight is 443 g/mol. The van der Waals surface area contributed by atoms with Gasteiger partial charge < -0.3 is 5.32 Å². The van der Waals surface area contributed by atoms with Gasteiger partial charge in [0.05, 0.1) is 17.0 Å². The summed E-state index contributed by atoms with van der Waals surface area (Å²) < 4.78 is 0.923. The number of halogens is 3. The van der Waals surface area contributed by atoms with E-state index in [1.165, 1.54) is 12.1 Å². The van der Waals surface area contributed by atoms with E-state index in [0.29, 0.717) is 16.4 Å². The number of benzene rings is 2. The highest BCUT2D eigenvalue weighted by molar-refractivity contribution is 9.10. The van der Waals surface area contributed by atoms with E-state index in [1.54, 1.807) is 25.1 Å². The summed E-state index contributed by atoms with van der Waals surface area (Å²) in [5.74, 6) is -0.711. The van der Waals surface area contributed by atoms with E-state index in [4.69, 9.17) is 23.2 Å². The van der Waals surface area contributed by atoms with E-state index in [1.807, 2.05) is 12.1 Å². The van der Waals surface area contributed by atoms with Crippen LogP contribution >= 0.6 is 39.1 Å². The number of anilines is 1. The van der Waals surface area contributed by atoms with Crippen LogP contribution in [0.1, 0.15) is 23.7 Å². The zero-order valence-electron chi connectivity index (χ0n) is 13.1. The van der Waals surface area contributed by atoms with Gasteiger partial charge in [0, 0.05) is 20.9 Å². The first kappa shape index (κ1) is 19.4. The van der Waals surface area contributed by atoms with Gasteiger partial charge in [-0.3, -0.25) is 9.59 Å². The number of carbonyl (C=O) groups excluding carboxylic acids is 2. The van der Waals surface area contributed by atoms with Gasteiger partial charge in [-0.15, -0.1) is 0 Å². The van der Waals surface area contributed by atoms with Crippen molar-refractivity contribution in [2.24, 2.45) is 5.10 Å². The molecule has 0 atom stereocenters. The summed E-state index contributed by atoms with van der Waals surface area (Å²) >= 11 is 15.1. The second kappa shape index (κ2) is 8.99. The Balaban J connectivity index is 1.91. The zero-order chi connectivity index (χ0) is 18.4. The van der Waals surface area contributed by atoms with Crippen LogP contribution in [0.2, 0.25) is 10.0 Å². The fraction of sp³-hybridized carbons (Fsp3) is 0.118. The molecule has 0 bridgehead atoms. The molecule has 8 heteroatoms. The molecule has 2 aromatic carbocycles. The third kappa shape index (κ3) is 6.16. The minimum Gasteiger partial charge on any atom is -0.326 e. The van der Waals surface area contributed by atoms with Gasteiger partial charge in [-0.1, -0.05) is 39.1 Å². The first-order chi connectivity index (χ1) is 11.8. The number of amides is 2. The third-order valence-electron chi connectivity index (χ3n) is 3.07. The van der Waals surface area contributed by atoms with Gasteiger partial charge in [-0.2, -0.15) is 5.10 Å². The Morgan fingerprint density at radius 1 is 1.12 bits per heavy atom. The van der Waals surface area contributed by atoms with Gasteiger partial charge in [0.15, 0.2) is 0 Å². The molecule has 0 aliphatic rings. The molecule has 130 valence electrons. The van der Waals surface area contributed by atoms with Crippen LogP contribution in [-0.4, -0.2) is 17.5 Å². The van der Waals surface area contributed by atoms with Crippen LogP contribution < -0.4 is 10.7 Å². The lowest BCUT2D eigenvalue weighted by molar-refractivity contribution is -0.115. The maximum absolute atomic E-state index is 12.0. The lowest BCUT2D eigenvalue weighted by Crippen LogP contribution is -2.21. The van der Waals surface area contributed by atoms with Crippen molar-refractivity contribution in [2.45, 2.75) is 13.3 Å². The number of hydrogen-bond donors (Lipinski definition) is 2. The molecule has 0 saturated carbocycles. The van der Waals surface area contributed by atoms with Crippen LogP contribution in [-0.2, 0) is 4.79 Å². The van der Waals surface area contributed by atoms with E-state index in [0.717, 1.165) is 4.47 Å². The van der Waals surface area contributed by atoms with Gasteiger partial charge in [0.25, 0.3) is 5.91 Å². The van der Waals surface area contributed by atoms with E-state index in [9.17, 15) is 9.59 Å². The summed E-state index contributed by atoms with van der Waals surface area (Å²) in [4.78, 5) is 24.0. The van der Waals surface area contributed by atoms with Crippen molar-refractivity contribution in [3.05, 3.63) is 62.5 Å². The van der Waals surface area contributed by atoms with Gasteiger partial charge in [0.2, 0.25) is 5.91 Å². The molecule has 0 saturated heterocycles.